The Bertz CT molecular complexity index is 490. The van der Waals surface area contributed by atoms with Crippen LogP contribution in [0.25, 0.3) is 0 Å². The van der Waals surface area contributed by atoms with Gasteiger partial charge in [0.05, 0.1) is 22.6 Å². The van der Waals surface area contributed by atoms with E-state index in [1.807, 2.05) is 6.92 Å². The Morgan fingerprint density at radius 2 is 2.10 bits per heavy atom. The monoisotopic (exact) mass is 295 g/mol. The van der Waals surface area contributed by atoms with Crippen LogP contribution in [0.1, 0.15) is 50.0 Å². The highest BCUT2D eigenvalue weighted by Gasteiger charge is 2.41. The molecule has 1 aliphatic carbocycles. The summed E-state index contributed by atoms with van der Waals surface area (Å²) in [6, 6.07) is 1.81. The van der Waals surface area contributed by atoms with Crippen LogP contribution >= 0.6 is 12.2 Å². The molecule has 1 aliphatic rings. The fourth-order valence-corrected chi connectivity index (χ4v) is 3.05. The van der Waals surface area contributed by atoms with Crippen LogP contribution in [0.2, 0.25) is 0 Å². The third kappa shape index (κ3) is 3.17. The lowest BCUT2D eigenvalue weighted by atomic mass is 9.79. The lowest BCUT2D eigenvalue weighted by Crippen LogP contribution is -2.48. The molecule has 1 heterocycles. The summed E-state index contributed by atoms with van der Waals surface area (Å²) in [6.07, 6.45) is 5.74. The molecule has 0 bridgehead atoms. The average Bonchev–Trinajstić information content (AvgIpc) is 2.68. The van der Waals surface area contributed by atoms with Gasteiger partial charge in [0, 0.05) is 6.07 Å². The molecule has 0 radical (unpaired) electrons. The molecule has 1 aromatic rings. The second-order valence-corrected chi connectivity index (χ2v) is 5.92. The van der Waals surface area contributed by atoms with Gasteiger partial charge in [0.25, 0.3) is 0 Å². The van der Waals surface area contributed by atoms with Crippen LogP contribution in [-0.4, -0.2) is 16.1 Å². The zero-order chi connectivity index (χ0) is 14.6. The number of aryl methyl sites for hydroxylation is 1. The first kappa shape index (κ1) is 15.0. The van der Waals surface area contributed by atoms with Gasteiger partial charge in [0.15, 0.2) is 5.76 Å². The van der Waals surface area contributed by atoms with Crippen LogP contribution in [0.15, 0.2) is 10.6 Å². The zero-order valence-electron chi connectivity index (χ0n) is 11.8. The second kappa shape index (κ2) is 6.35. The number of hydrogen-bond donors (Lipinski definition) is 2. The minimum absolute atomic E-state index is 0.0825. The van der Waals surface area contributed by atoms with Crippen molar-refractivity contribution in [1.29, 1.82) is 0 Å². The van der Waals surface area contributed by atoms with Gasteiger partial charge in [-0.1, -0.05) is 43.1 Å². The molecule has 5 nitrogen and oxygen atoms in total. The van der Waals surface area contributed by atoms with E-state index < -0.39 is 5.41 Å². The molecule has 1 saturated carbocycles. The van der Waals surface area contributed by atoms with Crippen molar-refractivity contribution in [3.63, 3.8) is 0 Å². The quantitative estimate of drug-likeness (QED) is 0.657. The minimum Gasteiger partial charge on any atom is -0.392 e. The molecule has 3 N–H and O–H groups in total. The summed E-state index contributed by atoms with van der Waals surface area (Å²) >= 11 is 5.18. The van der Waals surface area contributed by atoms with E-state index in [1.165, 1.54) is 0 Å². The molecule has 0 saturated heterocycles. The standard InChI is InChI=1S/C14H21N3O2S/c1-10-8-11(19-17-10)9-16-13(18)14(12(15)20)6-4-2-3-5-7-14/h8H,2-7,9H2,1H3,(H2,15,20)(H,16,18). The van der Waals surface area contributed by atoms with Crippen LogP contribution in [0.3, 0.4) is 0 Å². The number of aromatic nitrogens is 1. The molecule has 0 aromatic carbocycles. The number of carbonyl (C=O) groups is 1. The Morgan fingerprint density at radius 3 is 2.60 bits per heavy atom. The van der Waals surface area contributed by atoms with Crippen molar-refractivity contribution in [1.82, 2.24) is 10.5 Å². The Morgan fingerprint density at radius 1 is 1.45 bits per heavy atom. The number of thiocarbonyl (C=S) groups is 1. The Balaban J connectivity index is 2.05. The maximum Gasteiger partial charge on any atom is 0.233 e. The maximum atomic E-state index is 12.6. The first-order valence-corrected chi connectivity index (χ1v) is 7.46. The van der Waals surface area contributed by atoms with E-state index >= 15 is 0 Å². The van der Waals surface area contributed by atoms with Crippen LogP contribution < -0.4 is 11.1 Å². The molecular weight excluding hydrogens is 274 g/mol. The van der Waals surface area contributed by atoms with E-state index in [0.29, 0.717) is 17.3 Å². The molecule has 6 heteroatoms. The highest BCUT2D eigenvalue weighted by atomic mass is 32.1. The number of nitrogens with one attached hydrogen (secondary N) is 1. The van der Waals surface area contributed by atoms with Crippen LogP contribution in [0.5, 0.6) is 0 Å². The van der Waals surface area contributed by atoms with Crippen molar-refractivity contribution in [2.24, 2.45) is 11.1 Å². The largest absolute Gasteiger partial charge is 0.392 e. The molecule has 20 heavy (non-hydrogen) atoms. The van der Waals surface area contributed by atoms with Crippen molar-refractivity contribution in [3.05, 3.63) is 17.5 Å². The van der Waals surface area contributed by atoms with E-state index in [0.717, 1.165) is 44.2 Å². The molecule has 0 aliphatic heterocycles. The minimum atomic E-state index is -0.694. The summed E-state index contributed by atoms with van der Waals surface area (Å²) in [5.74, 6) is 0.559. The number of amides is 1. The van der Waals surface area contributed by atoms with E-state index in [1.54, 1.807) is 6.07 Å². The fourth-order valence-electron chi connectivity index (χ4n) is 2.75. The summed E-state index contributed by atoms with van der Waals surface area (Å²) < 4.78 is 5.09. The van der Waals surface area contributed by atoms with Gasteiger partial charge in [-0.3, -0.25) is 4.79 Å². The van der Waals surface area contributed by atoms with Gasteiger partial charge in [0.1, 0.15) is 0 Å². The normalized spacial score (nSPS) is 18.2. The van der Waals surface area contributed by atoms with Gasteiger partial charge < -0.3 is 15.6 Å². The van der Waals surface area contributed by atoms with Gasteiger partial charge in [-0.15, -0.1) is 0 Å². The second-order valence-electron chi connectivity index (χ2n) is 5.48. The van der Waals surface area contributed by atoms with E-state index in [4.69, 9.17) is 22.5 Å². The smallest absolute Gasteiger partial charge is 0.233 e. The third-order valence-corrected chi connectivity index (χ3v) is 4.35. The maximum absolute atomic E-state index is 12.6. The number of carbonyl (C=O) groups excluding carboxylic acids is 1. The van der Waals surface area contributed by atoms with Gasteiger partial charge in [-0.05, 0) is 19.8 Å². The van der Waals surface area contributed by atoms with Gasteiger partial charge in [-0.25, -0.2) is 0 Å². The number of nitrogens with zero attached hydrogens (tertiary/aromatic N) is 1. The van der Waals surface area contributed by atoms with Crippen molar-refractivity contribution < 1.29 is 9.32 Å². The summed E-state index contributed by atoms with van der Waals surface area (Å²) in [5, 5.41) is 6.69. The van der Waals surface area contributed by atoms with Crippen molar-refractivity contribution in [3.8, 4) is 0 Å². The van der Waals surface area contributed by atoms with E-state index in [-0.39, 0.29) is 5.91 Å². The predicted octanol–water partition coefficient (Wildman–Crippen LogP) is 2.23. The fraction of sp³-hybridized carbons (Fsp3) is 0.643. The van der Waals surface area contributed by atoms with E-state index in [9.17, 15) is 4.79 Å². The molecule has 0 unspecified atom stereocenters. The zero-order valence-corrected chi connectivity index (χ0v) is 12.6. The molecule has 110 valence electrons. The van der Waals surface area contributed by atoms with Gasteiger partial charge in [0.2, 0.25) is 5.91 Å². The first-order valence-electron chi connectivity index (χ1n) is 7.05. The van der Waals surface area contributed by atoms with Crippen LogP contribution in [0, 0.1) is 12.3 Å². The van der Waals surface area contributed by atoms with E-state index in [2.05, 4.69) is 10.5 Å². The number of hydrogen-bond acceptors (Lipinski definition) is 4. The van der Waals surface area contributed by atoms with Crippen LogP contribution in [-0.2, 0) is 11.3 Å². The van der Waals surface area contributed by atoms with Gasteiger partial charge in [-0.2, -0.15) is 0 Å². The first-order chi connectivity index (χ1) is 9.54. The van der Waals surface area contributed by atoms with Crippen molar-refractivity contribution in [2.45, 2.75) is 52.0 Å². The topological polar surface area (TPSA) is 81.2 Å². The highest BCUT2D eigenvalue weighted by molar-refractivity contribution is 7.80. The Labute approximate surface area is 124 Å². The third-order valence-electron chi connectivity index (χ3n) is 3.96. The van der Waals surface area contributed by atoms with Crippen molar-refractivity contribution >= 4 is 23.1 Å². The molecule has 1 amide bonds. The lowest BCUT2D eigenvalue weighted by molar-refractivity contribution is -0.128. The predicted molar refractivity (Wildman–Crippen MR) is 80.0 cm³/mol. The summed E-state index contributed by atoms with van der Waals surface area (Å²) in [4.78, 5) is 12.9. The summed E-state index contributed by atoms with van der Waals surface area (Å²) in [7, 11) is 0. The average molecular weight is 295 g/mol. The van der Waals surface area contributed by atoms with Crippen molar-refractivity contribution in [2.75, 3.05) is 0 Å². The van der Waals surface area contributed by atoms with Gasteiger partial charge >= 0.3 is 0 Å². The molecule has 1 fully saturated rings. The lowest BCUT2D eigenvalue weighted by Gasteiger charge is -2.29. The molecule has 1 aromatic heterocycles. The summed E-state index contributed by atoms with van der Waals surface area (Å²) in [5.41, 5.74) is 5.99. The summed E-state index contributed by atoms with van der Waals surface area (Å²) in [6.45, 7) is 2.17. The van der Waals surface area contributed by atoms with Crippen LogP contribution in [0.4, 0.5) is 0 Å². The number of nitrogens with two attached hydrogens (primary N) is 1. The molecule has 0 spiro atoms. The number of rotatable bonds is 4. The molecule has 2 rings (SSSR count). The molecule has 0 atom stereocenters. The molecular formula is C14H21N3O2S. The highest BCUT2D eigenvalue weighted by Crippen LogP contribution is 2.35. The Kier molecular flexibility index (Phi) is 4.75. The Hall–Kier alpha value is -1.43. The SMILES string of the molecule is Cc1cc(CNC(=O)C2(C(N)=S)CCCCCC2)on1.